The molecule has 1 saturated heterocycles. The molecule has 1 atom stereocenters. The van der Waals surface area contributed by atoms with Crippen LogP contribution in [0, 0.1) is 10.1 Å². The second-order valence-corrected chi connectivity index (χ2v) is 9.34. The van der Waals surface area contributed by atoms with Crippen molar-refractivity contribution in [3.8, 4) is 5.75 Å². The van der Waals surface area contributed by atoms with Crippen molar-refractivity contribution in [2.24, 2.45) is 4.36 Å². The standard InChI is InChI=1S/C21H27N3O5S/c25-24(26)19-7-9-21(10-8-19)30(27,22-11-12-23-13-16-28-17-14-23)18-4-15-29-20-5-2-1-3-6-20/h1-3,5-10H,4,11-18H2. The zero-order valence-corrected chi connectivity index (χ0v) is 17.7. The van der Waals surface area contributed by atoms with Gasteiger partial charge in [0.2, 0.25) is 0 Å². The smallest absolute Gasteiger partial charge is 0.269 e. The first-order valence-corrected chi connectivity index (χ1v) is 11.7. The zero-order valence-electron chi connectivity index (χ0n) is 16.9. The Balaban J connectivity index is 1.67. The lowest BCUT2D eigenvalue weighted by Gasteiger charge is -2.25. The van der Waals surface area contributed by atoms with Crippen molar-refractivity contribution in [3.63, 3.8) is 0 Å². The van der Waals surface area contributed by atoms with Gasteiger partial charge in [-0.1, -0.05) is 18.2 Å². The summed E-state index contributed by atoms with van der Waals surface area (Å²) in [5, 5.41) is 10.9. The Bertz CT molecular complexity index is 921. The van der Waals surface area contributed by atoms with Gasteiger partial charge in [-0.25, -0.2) is 8.57 Å². The molecule has 162 valence electrons. The van der Waals surface area contributed by atoms with Crippen molar-refractivity contribution in [3.05, 3.63) is 64.7 Å². The third kappa shape index (κ3) is 6.51. The van der Waals surface area contributed by atoms with Crippen LogP contribution in [0.3, 0.4) is 0 Å². The van der Waals surface area contributed by atoms with Crippen LogP contribution in [0.4, 0.5) is 5.69 Å². The van der Waals surface area contributed by atoms with Crippen LogP contribution < -0.4 is 4.74 Å². The fourth-order valence-corrected chi connectivity index (χ4v) is 5.11. The molecule has 9 heteroatoms. The van der Waals surface area contributed by atoms with Gasteiger partial charge in [-0.05, 0) is 30.7 Å². The van der Waals surface area contributed by atoms with E-state index in [0.29, 0.717) is 50.0 Å². The van der Waals surface area contributed by atoms with Gasteiger partial charge in [-0.15, -0.1) is 0 Å². The first-order valence-electron chi connectivity index (χ1n) is 10.00. The number of nitro groups is 1. The van der Waals surface area contributed by atoms with Gasteiger partial charge in [0.25, 0.3) is 5.69 Å². The van der Waals surface area contributed by atoms with Crippen molar-refractivity contribution in [1.82, 2.24) is 4.90 Å². The molecule has 1 unspecified atom stereocenters. The van der Waals surface area contributed by atoms with E-state index in [0.717, 1.165) is 18.8 Å². The number of hydrogen-bond donors (Lipinski definition) is 0. The van der Waals surface area contributed by atoms with Gasteiger partial charge < -0.3 is 9.47 Å². The fraction of sp³-hybridized carbons (Fsp3) is 0.429. The van der Waals surface area contributed by atoms with Crippen LogP contribution in [-0.4, -0.2) is 65.8 Å². The van der Waals surface area contributed by atoms with Crippen molar-refractivity contribution in [2.75, 3.05) is 51.8 Å². The number of hydrogen-bond acceptors (Lipinski definition) is 7. The van der Waals surface area contributed by atoms with Crippen LogP contribution in [0.1, 0.15) is 6.42 Å². The van der Waals surface area contributed by atoms with Crippen LogP contribution in [0.15, 0.2) is 63.9 Å². The highest BCUT2D eigenvalue weighted by Crippen LogP contribution is 2.20. The summed E-state index contributed by atoms with van der Waals surface area (Å²) in [6.07, 6.45) is 0.561. The monoisotopic (exact) mass is 433 g/mol. The number of benzene rings is 2. The van der Waals surface area contributed by atoms with E-state index < -0.39 is 14.7 Å². The molecule has 0 spiro atoms. The van der Waals surface area contributed by atoms with Gasteiger partial charge in [-0.3, -0.25) is 15.0 Å². The van der Waals surface area contributed by atoms with Gasteiger partial charge in [0.1, 0.15) is 5.75 Å². The number of para-hydroxylation sites is 1. The summed E-state index contributed by atoms with van der Waals surface area (Å²) in [5.74, 6) is 1.10. The summed E-state index contributed by atoms with van der Waals surface area (Å²) < 4.78 is 29.3. The highest BCUT2D eigenvalue weighted by molar-refractivity contribution is 7.93. The highest BCUT2D eigenvalue weighted by Gasteiger charge is 2.16. The molecule has 1 fully saturated rings. The van der Waals surface area contributed by atoms with E-state index in [4.69, 9.17) is 9.47 Å². The maximum atomic E-state index is 13.7. The summed E-state index contributed by atoms with van der Waals surface area (Å²) in [5.41, 5.74) is -0.0266. The normalized spacial score (nSPS) is 16.5. The summed E-state index contributed by atoms with van der Waals surface area (Å²) in [7, 11) is -2.70. The number of nitro benzene ring substituents is 1. The van der Waals surface area contributed by atoms with Gasteiger partial charge in [0.05, 0.1) is 41.0 Å². The Morgan fingerprint density at radius 1 is 1.10 bits per heavy atom. The Kier molecular flexibility index (Phi) is 8.18. The minimum absolute atomic E-state index is 0.0266. The van der Waals surface area contributed by atoms with E-state index in [1.807, 2.05) is 30.3 Å². The predicted octanol–water partition coefficient (Wildman–Crippen LogP) is 3.22. The Labute approximate surface area is 177 Å². The summed E-state index contributed by atoms with van der Waals surface area (Å²) in [6.45, 7) is 4.68. The van der Waals surface area contributed by atoms with E-state index in [1.54, 1.807) is 12.1 Å². The first kappa shape index (κ1) is 22.2. The predicted molar refractivity (Wildman–Crippen MR) is 115 cm³/mol. The Hall–Kier alpha value is -2.49. The maximum Gasteiger partial charge on any atom is 0.269 e. The molecule has 2 aromatic carbocycles. The average molecular weight is 434 g/mol. The minimum Gasteiger partial charge on any atom is -0.494 e. The Morgan fingerprint density at radius 2 is 1.80 bits per heavy atom. The lowest BCUT2D eigenvalue weighted by atomic mass is 10.3. The van der Waals surface area contributed by atoms with Crippen LogP contribution in [0.2, 0.25) is 0 Å². The average Bonchev–Trinajstić information content (AvgIpc) is 2.78. The second-order valence-electron chi connectivity index (χ2n) is 6.92. The summed E-state index contributed by atoms with van der Waals surface area (Å²) >= 11 is 0. The number of rotatable bonds is 10. The van der Waals surface area contributed by atoms with Crippen molar-refractivity contribution >= 4 is 15.4 Å². The largest absolute Gasteiger partial charge is 0.494 e. The minimum atomic E-state index is -2.70. The SMILES string of the molecule is O=[N+]([O-])c1ccc(S(=O)(CCCOc2ccccc2)=NCCN2CCOCC2)cc1. The van der Waals surface area contributed by atoms with Crippen molar-refractivity contribution < 1.29 is 18.6 Å². The summed E-state index contributed by atoms with van der Waals surface area (Å²) in [4.78, 5) is 13.2. The number of ether oxygens (including phenoxy) is 2. The van der Waals surface area contributed by atoms with Crippen LogP contribution >= 0.6 is 0 Å². The second kappa shape index (κ2) is 11.1. The molecule has 0 radical (unpaired) electrons. The molecule has 1 aliphatic heterocycles. The molecule has 0 bridgehead atoms. The molecule has 0 saturated carbocycles. The maximum absolute atomic E-state index is 13.7. The third-order valence-electron chi connectivity index (χ3n) is 4.81. The van der Waals surface area contributed by atoms with Crippen LogP contribution in [0.25, 0.3) is 0 Å². The van der Waals surface area contributed by atoms with Crippen molar-refractivity contribution in [2.45, 2.75) is 11.3 Å². The fourth-order valence-electron chi connectivity index (χ4n) is 3.15. The van der Waals surface area contributed by atoms with Crippen LogP contribution in [0.5, 0.6) is 5.75 Å². The van der Waals surface area contributed by atoms with Gasteiger partial charge in [-0.2, -0.15) is 0 Å². The molecule has 1 aliphatic rings. The molecule has 3 rings (SSSR count). The quantitative estimate of drug-likeness (QED) is 0.324. The van der Waals surface area contributed by atoms with Crippen LogP contribution in [-0.2, 0) is 14.5 Å². The van der Waals surface area contributed by atoms with Crippen molar-refractivity contribution in [1.29, 1.82) is 0 Å². The molecule has 0 N–H and O–H groups in total. The molecule has 0 amide bonds. The number of non-ortho nitro benzene ring substituents is 1. The number of nitrogens with zero attached hydrogens (tertiary/aromatic N) is 3. The van der Waals surface area contributed by atoms with E-state index >= 15 is 0 Å². The van der Waals surface area contributed by atoms with E-state index in [1.165, 1.54) is 12.1 Å². The molecule has 0 aliphatic carbocycles. The van der Waals surface area contributed by atoms with Gasteiger partial charge in [0.15, 0.2) is 0 Å². The molecular weight excluding hydrogens is 406 g/mol. The van der Waals surface area contributed by atoms with E-state index in [-0.39, 0.29) is 5.69 Å². The first-order chi connectivity index (χ1) is 14.6. The number of morpholine rings is 1. The molecular formula is C21H27N3O5S. The van der Waals surface area contributed by atoms with Gasteiger partial charge >= 0.3 is 0 Å². The third-order valence-corrected chi connectivity index (χ3v) is 7.26. The topological polar surface area (TPSA) is 94.3 Å². The highest BCUT2D eigenvalue weighted by atomic mass is 32.2. The lowest BCUT2D eigenvalue weighted by Crippen LogP contribution is -2.37. The van der Waals surface area contributed by atoms with Gasteiger partial charge in [0, 0.05) is 42.4 Å². The van der Waals surface area contributed by atoms with E-state index in [9.17, 15) is 14.3 Å². The summed E-state index contributed by atoms with van der Waals surface area (Å²) in [6, 6.07) is 15.3. The zero-order chi connectivity index (χ0) is 21.2. The lowest BCUT2D eigenvalue weighted by molar-refractivity contribution is -0.384. The molecule has 8 nitrogen and oxygen atoms in total. The Morgan fingerprint density at radius 3 is 2.47 bits per heavy atom. The molecule has 0 aromatic heterocycles. The molecule has 1 heterocycles. The molecule has 30 heavy (non-hydrogen) atoms. The van der Waals surface area contributed by atoms with E-state index in [2.05, 4.69) is 9.26 Å². The molecule has 2 aromatic rings.